The molecule has 90 valence electrons. The summed E-state index contributed by atoms with van der Waals surface area (Å²) in [6.07, 6.45) is 1.32. The van der Waals surface area contributed by atoms with Crippen LogP contribution in [0.5, 0.6) is 0 Å². The highest BCUT2D eigenvalue weighted by Crippen LogP contribution is 1.86. The second-order valence-corrected chi connectivity index (χ2v) is 3.26. The van der Waals surface area contributed by atoms with Gasteiger partial charge >= 0.3 is 5.97 Å². The van der Waals surface area contributed by atoms with Gasteiger partial charge in [0.15, 0.2) is 0 Å². The summed E-state index contributed by atoms with van der Waals surface area (Å²) in [6.45, 7) is 6.39. The molecule has 5 heteroatoms. The van der Waals surface area contributed by atoms with Crippen LogP contribution < -0.4 is 16.4 Å². The zero-order valence-corrected chi connectivity index (χ0v) is 9.55. The lowest BCUT2D eigenvalue weighted by atomic mass is 10.4. The van der Waals surface area contributed by atoms with Crippen LogP contribution in [0.2, 0.25) is 0 Å². The molecule has 0 saturated heterocycles. The number of hydrogen-bond donors (Lipinski definition) is 3. The van der Waals surface area contributed by atoms with Crippen molar-refractivity contribution in [2.45, 2.75) is 19.8 Å². The van der Waals surface area contributed by atoms with Gasteiger partial charge in [0.25, 0.3) is 0 Å². The molecule has 0 aromatic rings. The van der Waals surface area contributed by atoms with Crippen LogP contribution >= 0.6 is 0 Å². The average molecular weight is 217 g/mol. The minimum absolute atomic E-state index is 0.126. The number of rotatable bonds is 10. The molecular formula is C10H23N3O2. The van der Waals surface area contributed by atoms with E-state index in [9.17, 15) is 4.79 Å². The van der Waals surface area contributed by atoms with Crippen molar-refractivity contribution in [2.75, 3.05) is 39.3 Å². The molecule has 0 amide bonds. The SMILES string of the molecule is CCCOC(=O)CCNCCNCCN. The number of nitrogens with one attached hydrogen (secondary N) is 2. The zero-order chi connectivity index (χ0) is 11.4. The van der Waals surface area contributed by atoms with E-state index in [1.165, 1.54) is 0 Å². The lowest BCUT2D eigenvalue weighted by Gasteiger charge is -2.05. The molecular weight excluding hydrogens is 194 g/mol. The van der Waals surface area contributed by atoms with Crippen molar-refractivity contribution in [3.05, 3.63) is 0 Å². The van der Waals surface area contributed by atoms with Crippen molar-refractivity contribution in [2.24, 2.45) is 5.73 Å². The van der Waals surface area contributed by atoms with E-state index in [1.54, 1.807) is 0 Å². The van der Waals surface area contributed by atoms with E-state index in [2.05, 4.69) is 10.6 Å². The Morgan fingerprint density at radius 2 is 1.87 bits per heavy atom. The van der Waals surface area contributed by atoms with Gasteiger partial charge in [-0.05, 0) is 6.42 Å². The lowest BCUT2D eigenvalue weighted by Crippen LogP contribution is -2.31. The summed E-state index contributed by atoms with van der Waals surface area (Å²) in [5.41, 5.74) is 5.31. The Hall–Kier alpha value is -0.650. The van der Waals surface area contributed by atoms with Crippen LogP contribution in [0.4, 0.5) is 0 Å². The fourth-order valence-corrected chi connectivity index (χ4v) is 1.01. The van der Waals surface area contributed by atoms with E-state index in [-0.39, 0.29) is 5.97 Å². The molecule has 15 heavy (non-hydrogen) atoms. The van der Waals surface area contributed by atoms with E-state index in [0.29, 0.717) is 26.1 Å². The van der Waals surface area contributed by atoms with Crippen molar-refractivity contribution in [1.29, 1.82) is 0 Å². The van der Waals surface area contributed by atoms with E-state index in [0.717, 1.165) is 26.1 Å². The maximum Gasteiger partial charge on any atom is 0.307 e. The van der Waals surface area contributed by atoms with E-state index in [4.69, 9.17) is 10.5 Å². The van der Waals surface area contributed by atoms with Gasteiger partial charge in [0.1, 0.15) is 0 Å². The molecule has 0 aliphatic rings. The summed E-state index contributed by atoms with van der Waals surface area (Å²) in [5, 5.41) is 6.30. The minimum atomic E-state index is -0.126. The molecule has 0 spiro atoms. The Labute approximate surface area is 91.7 Å². The lowest BCUT2D eigenvalue weighted by molar-refractivity contribution is -0.143. The molecule has 0 atom stereocenters. The maximum atomic E-state index is 11.0. The van der Waals surface area contributed by atoms with Gasteiger partial charge in [-0.3, -0.25) is 4.79 Å². The Bertz CT molecular complexity index is 154. The molecule has 0 unspecified atom stereocenters. The number of nitrogens with two attached hydrogens (primary N) is 1. The Balaban J connectivity index is 3.06. The summed E-state index contributed by atoms with van der Waals surface area (Å²) in [7, 11) is 0. The van der Waals surface area contributed by atoms with Crippen LogP contribution in [0, 0.1) is 0 Å². The van der Waals surface area contributed by atoms with Crippen molar-refractivity contribution < 1.29 is 9.53 Å². The van der Waals surface area contributed by atoms with Crippen molar-refractivity contribution in [3.63, 3.8) is 0 Å². The van der Waals surface area contributed by atoms with Crippen LogP contribution in [0.25, 0.3) is 0 Å². The molecule has 0 aromatic heterocycles. The normalized spacial score (nSPS) is 10.3. The molecule has 0 aliphatic heterocycles. The second kappa shape index (κ2) is 11.4. The van der Waals surface area contributed by atoms with Crippen LogP contribution in [0.3, 0.4) is 0 Å². The molecule has 0 radical (unpaired) electrons. The summed E-state index contributed by atoms with van der Waals surface area (Å²) < 4.78 is 4.93. The van der Waals surface area contributed by atoms with Crippen LogP contribution in [-0.4, -0.2) is 45.3 Å². The third-order valence-corrected chi connectivity index (χ3v) is 1.77. The first-order valence-electron chi connectivity index (χ1n) is 5.58. The van der Waals surface area contributed by atoms with E-state index < -0.39 is 0 Å². The van der Waals surface area contributed by atoms with Crippen molar-refractivity contribution in [3.8, 4) is 0 Å². The van der Waals surface area contributed by atoms with Gasteiger partial charge in [-0.25, -0.2) is 0 Å². The monoisotopic (exact) mass is 217 g/mol. The van der Waals surface area contributed by atoms with Crippen LogP contribution in [-0.2, 0) is 9.53 Å². The van der Waals surface area contributed by atoms with Gasteiger partial charge in [-0.15, -0.1) is 0 Å². The third-order valence-electron chi connectivity index (χ3n) is 1.77. The molecule has 0 heterocycles. The van der Waals surface area contributed by atoms with Gasteiger partial charge < -0.3 is 21.1 Å². The Kier molecular flexibility index (Phi) is 10.9. The number of hydrogen-bond acceptors (Lipinski definition) is 5. The van der Waals surface area contributed by atoms with Crippen LogP contribution in [0.1, 0.15) is 19.8 Å². The number of esters is 1. The van der Waals surface area contributed by atoms with Crippen molar-refractivity contribution in [1.82, 2.24) is 10.6 Å². The molecule has 0 aromatic carbocycles. The fraction of sp³-hybridized carbons (Fsp3) is 0.900. The summed E-state index contributed by atoms with van der Waals surface area (Å²) >= 11 is 0. The molecule has 0 aliphatic carbocycles. The predicted molar refractivity (Wildman–Crippen MR) is 60.7 cm³/mol. The second-order valence-electron chi connectivity index (χ2n) is 3.26. The minimum Gasteiger partial charge on any atom is -0.466 e. The first-order valence-corrected chi connectivity index (χ1v) is 5.58. The first kappa shape index (κ1) is 14.3. The smallest absolute Gasteiger partial charge is 0.307 e. The Morgan fingerprint density at radius 3 is 2.47 bits per heavy atom. The largest absolute Gasteiger partial charge is 0.466 e. The summed E-state index contributed by atoms with van der Waals surface area (Å²) in [6, 6.07) is 0. The number of carbonyl (C=O) groups is 1. The van der Waals surface area contributed by atoms with Gasteiger partial charge in [0, 0.05) is 32.7 Å². The highest BCUT2D eigenvalue weighted by molar-refractivity contribution is 5.69. The summed E-state index contributed by atoms with van der Waals surface area (Å²) in [5.74, 6) is -0.126. The third kappa shape index (κ3) is 11.3. The molecule has 0 fully saturated rings. The molecule has 4 N–H and O–H groups in total. The standard InChI is InChI=1S/C10H23N3O2/c1-2-9-15-10(14)3-5-12-7-8-13-6-4-11/h12-13H,2-9,11H2,1H3. The van der Waals surface area contributed by atoms with Crippen molar-refractivity contribution >= 4 is 5.97 Å². The number of carbonyl (C=O) groups excluding carboxylic acids is 1. The first-order chi connectivity index (χ1) is 7.31. The predicted octanol–water partition coefficient (Wildman–Crippen LogP) is -0.532. The molecule has 5 nitrogen and oxygen atoms in total. The van der Waals surface area contributed by atoms with Gasteiger partial charge in [-0.1, -0.05) is 6.92 Å². The fourth-order valence-electron chi connectivity index (χ4n) is 1.01. The highest BCUT2D eigenvalue weighted by Gasteiger charge is 2.00. The van der Waals surface area contributed by atoms with Gasteiger partial charge in [0.05, 0.1) is 13.0 Å². The quantitative estimate of drug-likeness (QED) is 0.339. The van der Waals surface area contributed by atoms with E-state index >= 15 is 0 Å². The van der Waals surface area contributed by atoms with Gasteiger partial charge in [-0.2, -0.15) is 0 Å². The average Bonchev–Trinajstić information content (AvgIpc) is 2.25. The molecule has 0 bridgehead atoms. The maximum absolute atomic E-state index is 11.0. The number of ether oxygens (including phenoxy) is 1. The van der Waals surface area contributed by atoms with Gasteiger partial charge in [0.2, 0.25) is 0 Å². The summed E-state index contributed by atoms with van der Waals surface area (Å²) in [4.78, 5) is 11.0. The van der Waals surface area contributed by atoms with E-state index in [1.807, 2.05) is 6.92 Å². The highest BCUT2D eigenvalue weighted by atomic mass is 16.5. The molecule has 0 saturated carbocycles. The molecule has 0 rings (SSSR count). The zero-order valence-electron chi connectivity index (χ0n) is 9.55. The topological polar surface area (TPSA) is 76.4 Å². The Morgan fingerprint density at radius 1 is 1.20 bits per heavy atom. The van der Waals surface area contributed by atoms with Crippen LogP contribution in [0.15, 0.2) is 0 Å².